The van der Waals surface area contributed by atoms with Gasteiger partial charge >= 0.3 is 0 Å². The number of aliphatic hydroxyl groups is 1. The van der Waals surface area contributed by atoms with Gasteiger partial charge in [0.25, 0.3) is 11.7 Å². The first-order valence-electron chi connectivity index (χ1n) is 10.4. The van der Waals surface area contributed by atoms with Crippen molar-refractivity contribution in [2.75, 3.05) is 11.5 Å². The molecule has 0 spiro atoms. The fraction of sp³-hybridized carbons (Fsp3) is 0.154. The summed E-state index contributed by atoms with van der Waals surface area (Å²) >= 11 is 6.02. The van der Waals surface area contributed by atoms with E-state index in [1.807, 2.05) is 37.3 Å². The second-order valence-corrected chi connectivity index (χ2v) is 7.87. The number of benzene rings is 3. The molecule has 1 saturated heterocycles. The number of halogens is 1. The van der Waals surface area contributed by atoms with Crippen molar-refractivity contribution in [2.45, 2.75) is 19.4 Å². The van der Waals surface area contributed by atoms with Crippen molar-refractivity contribution in [3.8, 4) is 5.75 Å². The molecule has 0 aliphatic carbocycles. The van der Waals surface area contributed by atoms with E-state index in [0.29, 0.717) is 34.2 Å². The lowest BCUT2D eigenvalue weighted by molar-refractivity contribution is -0.132. The van der Waals surface area contributed by atoms with Crippen LogP contribution in [0.15, 0.2) is 84.4 Å². The van der Waals surface area contributed by atoms with Gasteiger partial charge < -0.3 is 9.84 Å². The summed E-state index contributed by atoms with van der Waals surface area (Å²) in [6.45, 7) is 2.54. The highest BCUT2D eigenvalue weighted by molar-refractivity contribution is 6.51. The van der Waals surface area contributed by atoms with Gasteiger partial charge in [0.1, 0.15) is 11.5 Å². The number of ether oxygens (including phenoxy) is 1. The van der Waals surface area contributed by atoms with E-state index in [1.165, 1.54) is 4.90 Å². The SMILES string of the molecule is CCCOc1cccc(/C(O)=C2/C(=O)C(=O)N(c3ccc(Cl)cc3)C2c2ccccc2)c1. The number of carbonyl (C=O) groups is 2. The van der Waals surface area contributed by atoms with Crippen molar-refractivity contribution in [3.63, 3.8) is 0 Å². The number of aliphatic hydroxyl groups excluding tert-OH is 1. The van der Waals surface area contributed by atoms with Gasteiger partial charge in [-0.3, -0.25) is 14.5 Å². The zero-order chi connectivity index (χ0) is 22.7. The third-order valence-electron chi connectivity index (χ3n) is 5.24. The monoisotopic (exact) mass is 447 g/mol. The molecule has 1 aliphatic rings. The number of anilines is 1. The van der Waals surface area contributed by atoms with Crippen LogP contribution in [0.2, 0.25) is 5.02 Å². The summed E-state index contributed by atoms with van der Waals surface area (Å²) < 4.78 is 5.66. The lowest BCUT2D eigenvalue weighted by atomic mass is 9.95. The molecule has 6 heteroatoms. The van der Waals surface area contributed by atoms with Crippen molar-refractivity contribution in [3.05, 3.63) is 101 Å². The summed E-state index contributed by atoms with van der Waals surface area (Å²) in [7, 11) is 0. The number of rotatable bonds is 6. The van der Waals surface area contributed by atoms with Crippen LogP contribution in [-0.2, 0) is 9.59 Å². The highest BCUT2D eigenvalue weighted by atomic mass is 35.5. The minimum absolute atomic E-state index is 0.0313. The average molecular weight is 448 g/mol. The first kappa shape index (κ1) is 21.7. The van der Waals surface area contributed by atoms with Crippen LogP contribution in [0.5, 0.6) is 5.75 Å². The average Bonchev–Trinajstić information content (AvgIpc) is 3.09. The molecular weight excluding hydrogens is 426 g/mol. The molecule has 1 unspecified atom stereocenters. The van der Waals surface area contributed by atoms with Gasteiger partial charge in [0.15, 0.2) is 0 Å². The minimum Gasteiger partial charge on any atom is -0.507 e. The Morgan fingerprint density at radius 2 is 1.72 bits per heavy atom. The number of nitrogens with zero attached hydrogens (tertiary/aromatic N) is 1. The second-order valence-electron chi connectivity index (χ2n) is 7.43. The van der Waals surface area contributed by atoms with E-state index in [0.717, 1.165) is 6.42 Å². The van der Waals surface area contributed by atoms with Crippen LogP contribution in [0.1, 0.15) is 30.5 Å². The molecule has 162 valence electrons. The Labute approximate surface area is 191 Å². The molecule has 1 fully saturated rings. The lowest BCUT2D eigenvalue weighted by Gasteiger charge is -2.25. The standard InChI is InChI=1S/C26H22ClNO4/c1-2-15-32-21-10-6-9-18(16-21)24(29)22-23(17-7-4-3-5-8-17)28(26(31)25(22)30)20-13-11-19(27)12-14-20/h3-14,16,23,29H,2,15H2,1H3/b24-22-. The summed E-state index contributed by atoms with van der Waals surface area (Å²) in [4.78, 5) is 27.6. The molecule has 1 amide bonds. The number of hydrogen-bond acceptors (Lipinski definition) is 4. The van der Waals surface area contributed by atoms with E-state index in [2.05, 4.69) is 0 Å². The molecule has 5 nitrogen and oxygen atoms in total. The van der Waals surface area contributed by atoms with E-state index in [1.54, 1.807) is 48.5 Å². The normalized spacial score (nSPS) is 17.6. The largest absolute Gasteiger partial charge is 0.507 e. The summed E-state index contributed by atoms with van der Waals surface area (Å²) in [5.74, 6) is -1.11. The molecule has 0 saturated carbocycles. The molecule has 1 heterocycles. The number of ketones is 1. The third kappa shape index (κ3) is 4.12. The first-order chi connectivity index (χ1) is 15.5. The van der Waals surface area contributed by atoms with Gasteiger partial charge in [-0.1, -0.05) is 61.0 Å². The maximum absolute atomic E-state index is 13.1. The molecule has 3 aromatic rings. The highest BCUT2D eigenvalue weighted by Crippen LogP contribution is 2.42. The van der Waals surface area contributed by atoms with Gasteiger partial charge in [-0.2, -0.15) is 0 Å². The summed E-state index contributed by atoms with van der Waals surface area (Å²) in [6.07, 6.45) is 0.844. The van der Waals surface area contributed by atoms with Crippen molar-refractivity contribution in [1.29, 1.82) is 0 Å². The molecule has 0 bridgehead atoms. The van der Waals surface area contributed by atoms with Crippen LogP contribution >= 0.6 is 11.6 Å². The van der Waals surface area contributed by atoms with Crippen LogP contribution in [0.25, 0.3) is 5.76 Å². The Balaban J connectivity index is 1.87. The predicted molar refractivity (Wildman–Crippen MR) is 125 cm³/mol. The molecule has 0 radical (unpaired) electrons. The van der Waals surface area contributed by atoms with Crippen LogP contribution in [-0.4, -0.2) is 23.4 Å². The van der Waals surface area contributed by atoms with Gasteiger partial charge in [-0.25, -0.2) is 0 Å². The van der Waals surface area contributed by atoms with Gasteiger partial charge in [-0.05, 0) is 48.4 Å². The van der Waals surface area contributed by atoms with Gasteiger partial charge in [-0.15, -0.1) is 0 Å². The molecule has 3 aromatic carbocycles. The van der Waals surface area contributed by atoms with Crippen molar-refractivity contribution in [2.24, 2.45) is 0 Å². The predicted octanol–water partition coefficient (Wildman–Crippen LogP) is 5.76. The Morgan fingerprint density at radius 1 is 1.00 bits per heavy atom. The number of hydrogen-bond donors (Lipinski definition) is 1. The minimum atomic E-state index is -0.780. The summed E-state index contributed by atoms with van der Waals surface area (Å²) in [5, 5.41) is 11.7. The smallest absolute Gasteiger partial charge is 0.300 e. The van der Waals surface area contributed by atoms with Crippen LogP contribution in [0.4, 0.5) is 5.69 Å². The Morgan fingerprint density at radius 3 is 2.41 bits per heavy atom. The fourth-order valence-electron chi connectivity index (χ4n) is 3.76. The number of carbonyl (C=O) groups excluding carboxylic acids is 2. The summed E-state index contributed by atoms with van der Waals surface area (Å²) in [5.41, 5.74) is 1.67. The number of Topliss-reactive ketones (excluding diaryl/α,β-unsaturated/α-hetero) is 1. The van der Waals surface area contributed by atoms with E-state index >= 15 is 0 Å². The molecule has 1 N–H and O–H groups in total. The van der Waals surface area contributed by atoms with Crippen LogP contribution in [0, 0.1) is 0 Å². The second kappa shape index (κ2) is 9.28. The van der Waals surface area contributed by atoms with Crippen molar-refractivity contribution < 1.29 is 19.4 Å². The van der Waals surface area contributed by atoms with Crippen molar-refractivity contribution in [1.82, 2.24) is 0 Å². The Bertz CT molecular complexity index is 1170. The zero-order valence-corrected chi connectivity index (χ0v) is 18.3. The molecule has 1 atom stereocenters. The van der Waals surface area contributed by atoms with Crippen LogP contribution in [0.3, 0.4) is 0 Å². The number of amides is 1. The van der Waals surface area contributed by atoms with Gasteiger partial charge in [0.05, 0.1) is 18.2 Å². The molecular formula is C26H22ClNO4. The van der Waals surface area contributed by atoms with E-state index in [9.17, 15) is 14.7 Å². The molecule has 4 rings (SSSR count). The highest BCUT2D eigenvalue weighted by Gasteiger charge is 2.46. The Kier molecular flexibility index (Phi) is 6.28. The molecule has 0 aromatic heterocycles. The maximum Gasteiger partial charge on any atom is 0.300 e. The van der Waals surface area contributed by atoms with Gasteiger partial charge in [0.2, 0.25) is 0 Å². The van der Waals surface area contributed by atoms with Gasteiger partial charge in [0, 0.05) is 16.3 Å². The molecule has 32 heavy (non-hydrogen) atoms. The third-order valence-corrected chi connectivity index (χ3v) is 5.50. The zero-order valence-electron chi connectivity index (χ0n) is 17.5. The van der Waals surface area contributed by atoms with E-state index in [4.69, 9.17) is 16.3 Å². The Hall–Kier alpha value is -3.57. The van der Waals surface area contributed by atoms with Crippen LogP contribution < -0.4 is 9.64 Å². The molecule has 1 aliphatic heterocycles. The maximum atomic E-state index is 13.1. The summed E-state index contributed by atoms with van der Waals surface area (Å²) in [6, 6.07) is 22.0. The first-order valence-corrected chi connectivity index (χ1v) is 10.7. The van der Waals surface area contributed by atoms with Crippen molar-refractivity contribution >= 4 is 34.7 Å². The van der Waals surface area contributed by atoms with E-state index < -0.39 is 17.7 Å². The fourth-order valence-corrected chi connectivity index (χ4v) is 3.89. The topological polar surface area (TPSA) is 66.8 Å². The van der Waals surface area contributed by atoms with E-state index in [-0.39, 0.29) is 11.3 Å². The lowest BCUT2D eigenvalue weighted by Crippen LogP contribution is -2.29. The quantitative estimate of drug-likeness (QED) is 0.296.